The van der Waals surface area contributed by atoms with Crippen molar-refractivity contribution < 1.29 is 4.79 Å². The van der Waals surface area contributed by atoms with Crippen molar-refractivity contribution in [2.45, 2.75) is 13.8 Å². The summed E-state index contributed by atoms with van der Waals surface area (Å²) in [6.07, 6.45) is 3.08. The van der Waals surface area contributed by atoms with Crippen LogP contribution in [0.4, 0.5) is 17.2 Å². The number of carbonyl (C=O) groups is 1. The molecule has 0 aliphatic heterocycles. The molecule has 0 saturated carbocycles. The first-order valence-corrected chi connectivity index (χ1v) is 8.92. The fourth-order valence-corrected chi connectivity index (χ4v) is 3.08. The van der Waals surface area contributed by atoms with Crippen molar-refractivity contribution in [3.63, 3.8) is 0 Å². The monoisotopic (exact) mass is 369 g/mol. The number of benzene rings is 2. The molecule has 138 valence electrons. The van der Waals surface area contributed by atoms with Gasteiger partial charge in [0.25, 0.3) is 5.91 Å². The van der Waals surface area contributed by atoms with E-state index in [2.05, 4.69) is 25.6 Å². The largest absolute Gasteiger partial charge is 0.340 e. The van der Waals surface area contributed by atoms with Gasteiger partial charge in [0.2, 0.25) is 0 Å². The minimum atomic E-state index is -0.315. The Morgan fingerprint density at radius 1 is 0.893 bits per heavy atom. The van der Waals surface area contributed by atoms with Crippen molar-refractivity contribution in [1.29, 1.82) is 0 Å². The van der Waals surface area contributed by atoms with E-state index in [-0.39, 0.29) is 11.6 Å². The molecule has 6 nitrogen and oxygen atoms in total. The van der Waals surface area contributed by atoms with Crippen LogP contribution in [0.15, 0.2) is 67.1 Å². The Bertz CT molecular complexity index is 1150. The highest BCUT2D eigenvalue weighted by molar-refractivity contribution is 6.07. The van der Waals surface area contributed by atoms with Gasteiger partial charge in [0.15, 0.2) is 0 Å². The zero-order valence-electron chi connectivity index (χ0n) is 15.6. The maximum Gasteiger partial charge on any atom is 0.274 e. The summed E-state index contributed by atoms with van der Waals surface area (Å²) in [5.74, 6) is 0.249. The lowest BCUT2D eigenvalue weighted by molar-refractivity contribution is 0.102. The zero-order chi connectivity index (χ0) is 19.5. The number of carbonyl (C=O) groups excluding carboxylic acids is 1. The highest BCUT2D eigenvalue weighted by Gasteiger charge is 2.12. The van der Waals surface area contributed by atoms with E-state index in [0.29, 0.717) is 11.5 Å². The second-order valence-electron chi connectivity index (χ2n) is 6.52. The number of nitrogens with one attached hydrogen (secondary N) is 2. The molecule has 6 heteroatoms. The highest BCUT2D eigenvalue weighted by Crippen LogP contribution is 2.24. The minimum Gasteiger partial charge on any atom is -0.340 e. The van der Waals surface area contributed by atoms with Crippen molar-refractivity contribution >= 4 is 34.0 Å². The fourth-order valence-electron chi connectivity index (χ4n) is 3.08. The molecular weight excluding hydrogens is 350 g/mol. The summed E-state index contributed by atoms with van der Waals surface area (Å²) >= 11 is 0. The van der Waals surface area contributed by atoms with E-state index in [1.54, 1.807) is 12.3 Å². The minimum absolute atomic E-state index is 0.275. The Hall–Kier alpha value is -3.80. The summed E-state index contributed by atoms with van der Waals surface area (Å²) in [6.45, 7) is 4.05. The number of amides is 1. The van der Waals surface area contributed by atoms with Crippen molar-refractivity contribution in [2.24, 2.45) is 0 Å². The summed E-state index contributed by atoms with van der Waals surface area (Å²) in [5, 5.41) is 7.14. The average molecular weight is 369 g/mol. The molecule has 0 unspecified atom stereocenters. The molecule has 0 aliphatic rings. The molecule has 2 aromatic carbocycles. The third kappa shape index (κ3) is 3.53. The number of para-hydroxylation sites is 2. The molecule has 2 aromatic heterocycles. The number of rotatable bonds is 4. The summed E-state index contributed by atoms with van der Waals surface area (Å²) in [6, 6.07) is 17.2. The van der Waals surface area contributed by atoms with E-state index in [9.17, 15) is 4.79 Å². The van der Waals surface area contributed by atoms with Gasteiger partial charge >= 0.3 is 0 Å². The van der Waals surface area contributed by atoms with E-state index >= 15 is 0 Å². The van der Waals surface area contributed by atoms with Crippen molar-refractivity contribution in [2.75, 3.05) is 10.6 Å². The first-order chi connectivity index (χ1) is 13.6. The molecule has 0 aliphatic carbocycles. The van der Waals surface area contributed by atoms with Gasteiger partial charge in [0.1, 0.15) is 17.8 Å². The molecule has 2 N–H and O–H groups in total. The number of nitrogens with zero attached hydrogens (tertiary/aromatic N) is 3. The fraction of sp³-hybridized carbons (Fsp3) is 0.0909. The van der Waals surface area contributed by atoms with E-state index < -0.39 is 0 Å². The molecule has 1 amide bonds. The van der Waals surface area contributed by atoms with Crippen LogP contribution in [0.1, 0.15) is 21.6 Å². The second-order valence-corrected chi connectivity index (χ2v) is 6.52. The van der Waals surface area contributed by atoms with E-state index in [1.807, 2.05) is 62.4 Å². The third-order valence-corrected chi connectivity index (χ3v) is 4.51. The van der Waals surface area contributed by atoms with Crippen LogP contribution in [0.3, 0.4) is 0 Å². The Morgan fingerprint density at radius 3 is 2.46 bits per heavy atom. The van der Waals surface area contributed by atoms with E-state index in [1.165, 1.54) is 6.33 Å². The molecule has 4 aromatic rings. The Labute approximate surface area is 162 Å². The summed E-state index contributed by atoms with van der Waals surface area (Å²) in [4.78, 5) is 25.5. The molecule has 0 spiro atoms. The molecule has 4 rings (SSSR count). The van der Waals surface area contributed by atoms with Crippen LogP contribution in [-0.4, -0.2) is 20.9 Å². The molecule has 0 radical (unpaired) electrons. The van der Waals surface area contributed by atoms with Gasteiger partial charge in [-0.05, 0) is 37.1 Å². The topological polar surface area (TPSA) is 79.8 Å². The quantitative estimate of drug-likeness (QED) is 0.548. The highest BCUT2D eigenvalue weighted by atomic mass is 16.1. The number of aryl methyl sites for hydroxylation is 2. The van der Waals surface area contributed by atoms with Gasteiger partial charge in [-0.3, -0.25) is 9.78 Å². The van der Waals surface area contributed by atoms with Gasteiger partial charge < -0.3 is 10.6 Å². The van der Waals surface area contributed by atoms with E-state index in [0.717, 1.165) is 27.7 Å². The van der Waals surface area contributed by atoms with E-state index in [4.69, 9.17) is 0 Å². The molecule has 0 fully saturated rings. The lowest BCUT2D eigenvalue weighted by Gasteiger charge is -2.12. The Morgan fingerprint density at radius 2 is 1.64 bits per heavy atom. The predicted octanol–water partition coefficient (Wildman–Crippen LogP) is 4.64. The molecule has 0 atom stereocenters. The van der Waals surface area contributed by atoms with Gasteiger partial charge in [-0.15, -0.1) is 0 Å². The number of aromatic nitrogens is 3. The Balaban J connectivity index is 1.59. The lowest BCUT2D eigenvalue weighted by Crippen LogP contribution is -2.15. The van der Waals surface area contributed by atoms with Gasteiger partial charge in [0, 0.05) is 23.3 Å². The van der Waals surface area contributed by atoms with Crippen LogP contribution >= 0.6 is 0 Å². The molecule has 0 bridgehead atoms. The predicted molar refractivity (Wildman–Crippen MR) is 111 cm³/mol. The van der Waals surface area contributed by atoms with Gasteiger partial charge in [-0.2, -0.15) is 0 Å². The number of anilines is 3. The summed E-state index contributed by atoms with van der Waals surface area (Å²) in [5.41, 5.74) is 4.84. The zero-order valence-corrected chi connectivity index (χ0v) is 15.6. The maximum absolute atomic E-state index is 12.7. The first-order valence-electron chi connectivity index (χ1n) is 8.92. The first kappa shape index (κ1) is 17.6. The van der Waals surface area contributed by atoms with Gasteiger partial charge in [-0.25, -0.2) is 9.97 Å². The van der Waals surface area contributed by atoms with Crippen LogP contribution in [0, 0.1) is 13.8 Å². The number of hydrogen-bond acceptors (Lipinski definition) is 5. The van der Waals surface area contributed by atoms with Crippen molar-refractivity contribution in [3.8, 4) is 0 Å². The van der Waals surface area contributed by atoms with Crippen LogP contribution in [0.25, 0.3) is 10.9 Å². The average Bonchev–Trinajstić information content (AvgIpc) is 2.71. The molecule has 28 heavy (non-hydrogen) atoms. The second kappa shape index (κ2) is 7.44. The van der Waals surface area contributed by atoms with Gasteiger partial charge in [0.05, 0.1) is 11.2 Å². The van der Waals surface area contributed by atoms with Crippen LogP contribution < -0.4 is 10.6 Å². The standard InChI is InChI=1S/C22H19N5O/c1-14-6-3-7-15(2)20(14)27-19-12-18(24-13-25-19)22(28)26-17-10-4-8-16-9-5-11-23-21(16)17/h3-13H,1-2H3,(H,26,28)(H,24,25,27). The van der Waals surface area contributed by atoms with Crippen LogP contribution in [0.5, 0.6) is 0 Å². The molecular formula is C22H19N5O. The molecule has 2 heterocycles. The number of pyridine rings is 1. The smallest absolute Gasteiger partial charge is 0.274 e. The number of fused-ring (bicyclic) bond motifs is 1. The normalized spacial score (nSPS) is 10.6. The Kier molecular flexibility index (Phi) is 4.68. The molecule has 0 saturated heterocycles. The van der Waals surface area contributed by atoms with Crippen LogP contribution in [0.2, 0.25) is 0 Å². The summed E-state index contributed by atoms with van der Waals surface area (Å²) < 4.78 is 0. The summed E-state index contributed by atoms with van der Waals surface area (Å²) in [7, 11) is 0. The maximum atomic E-state index is 12.7. The van der Waals surface area contributed by atoms with Crippen molar-refractivity contribution in [1.82, 2.24) is 15.0 Å². The SMILES string of the molecule is Cc1cccc(C)c1Nc1cc(C(=O)Nc2cccc3cccnc23)ncn1. The number of hydrogen-bond donors (Lipinski definition) is 2. The lowest BCUT2D eigenvalue weighted by atomic mass is 10.1. The van der Waals surface area contributed by atoms with Crippen LogP contribution in [-0.2, 0) is 0 Å². The van der Waals surface area contributed by atoms with Crippen molar-refractivity contribution in [3.05, 3.63) is 83.9 Å². The van der Waals surface area contributed by atoms with Gasteiger partial charge in [-0.1, -0.05) is 36.4 Å². The third-order valence-electron chi connectivity index (χ3n) is 4.51.